The second-order valence-electron chi connectivity index (χ2n) is 7.72. The predicted molar refractivity (Wildman–Crippen MR) is 111 cm³/mol. The molecule has 2 atom stereocenters. The fraction of sp³-hybridized carbons (Fsp3) is 0.435. The molecule has 1 heterocycles. The number of amides is 1. The molecular weight excluding hydrogens is 370 g/mol. The van der Waals surface area contributed by atoms with Gasteiger partial charge >= 0.3 is 0 Å². The van der Waals surface area contributed by atoms with Gasteiger partial charge in [0.05, 0.1) is 20.3 Å². The normalized spacial score (nSPS) is 18.0. The minimum absolute atomic E-state index is 0.153. The molecule has 0 saturated carbocycles. The number of benzene rings is 2. The number of methoxy groups -OCH3 is 2. The van der Waals surface area contributed by atoms with Gasteiger partial charge in [-0.15, -0.1) is 0 Å². The minimum Gasteiger partial charge on any atom is -0.497 e. The first kappa shape index (κ1) is 20.8. The van der Waals surface area contributed by atoms with Crippen LogP contribution in [0.1, 0.15) is 45.2 Å². The zero-order valence-corrected chi connectivity index (χ0v) is 17.7. The van der Waals surface area contributed by atoms with Crippen molar-refractivity contribution >= 4 is 5.91 Å². The molecule has 6 nitrogen and oxygen atoms in total. The Kier molecular flexibility index (Phi) is 6.20. The van der Waals surface area contributed by atoms with E-state index >= 15 is 0 Å². The quantitative estimate of drug-likeness (QED) is 0.753. The van der Waals surface area contributed by atoms with E-state index in [-0.39, 0.29) is 11.9 Å². The third-order valence-corrected chi connectivity index (χ3v) is 4.98. The van der Waals surface area contributed by atoms with Crippen LogP contribution in [-0.2, 0) is 4.79 Å². The van der Waals surface area contributed by atoms with Crippen molar-refractivity contribution in [3.8, 4) is 23.0 Å². The van der Waals surface area contributed by atoms with Gasteiger partial charge in [-0.05, 0) is 44.5 Å². The van der Waals surface area contributed by atoms with Gasteiger partial charge in [0, 0.05) is 24.1 Å². The first-order valence-electron chi connectivity index (χ1n) is 9.83. The lowest BCUT2D eigenvalue weighted by molar-refractivity contribution is -0.129. The highest BCUT2D eigenvalue weighted by Gasteiger charge is 2.36. The maximum atomic E-state index is 13.0. The van der Waals surface area contributed by atoms with E-state index in [1.165, 1.54) is 0 Å². The number of carbonyl (C=O) groups excluding carboxylic acids is 1. The van der Waals surface area contributed by atoms with Crippen molar-refractivity contribution in [3.63, 3.8) is 0 Å². The molecule has 0 fully saturated rings. The van der Waals surface area contributed by atoms with Crippen LogP contribution in [0.3, 0.4) is 0 Å². The van der Waals surface area contributed by atoms with E-state index in [4.69, 9.17) is 18.9 Å². The van der Waals surface area contributed by atoms with Gasteiger partial charge < -0.3 is 24.3 Å². The number of carbonyl (C=O) groups is 1. The van der Waals surface area contributed by atoms with Crippen LogP contribution in [0.4, 0.5) is 0 Å². The maximum Gasteiger partial charge on any atom is 0.261 e. The number of hydrogen-bond acceptors (Lipinski definition) is 5. The van der Waals surface area contributed by atoms with Crippen molar-refractivity contribution < 1.29 is 23.7 Å². The van der Waals surface area contributed by atoms with Gasteiger partial charge in [0.1, 0.15) is 28.6 Å². The third-order valence-electron chi connectivity index (χ3n) is 4.98. The second-order valence-corrected chi connectivity index (χ2v) is 7.72. The summed E-state index contributed by atoms with van der Waals surface area (Å²) in [6.07, 6.45) is 0.605. The lowest BCUT2D eigenvalue weighted by atomic mass is 9.89. The number of fused-ring (bicyclic) bond motifs is 1. The highest BCUT2D eigenvalue weighted by Crippen LogP contribution is 2.41. The average molecular weight is 399 g/mol. The third kappa shape index (κ3) is 4.94. The lowest BCUT2D eigenvalue weighted by Crippen LogP contribution is -2.45. The Bertz CT molecular complexity index is 864. The van der Waals surface area contributed by atoms with Gasteiger partial charge in [-0.2, -0.15) is 0 Å². The van der Waals surface area contributed by atoms with E-state index in [0.717, 1.165) is 17.1 Å². The Hall–Kier alpha value is -2.89. The molecule has 1 N–H and O–H groups in total. The van der Waals surface area contributed by atoms with Crippen molar-refractivity contribution in [1.82, 2.24) is 5.32 Å². The molecule has 156 valence electrons. The molecule has 6 heteroatoms. The first-order chi connectivity index (χ1) is 13.8. The fourth-order valence-electron chi connectivity index (χ4n) is 3.51. The van der Waals surface area contributed by atoms with E-state index in [9.17, 15) is 4.79 Å². The summed E-state index contributed by atoms with van der Waals surface area (Å²) in [5, 5.41) is 3.15. The van der Waals surface area contributed by atoms with Gasteiger partial charge in [0.2, 0.25) is 0 Å². The largest absolute Gasteiger partial charge is 0.497 e. The number of ether oxygens (including phenoxy) is 4. The molecule has 1 aliphatic rings. The number of rotatable bonds is 7. The molecule has 2 aromatic carbocycles. The van der Waals surface area contributed by atoms with Gasteiger partial charge in [0.25, 0.3) is 5.91 Å². The van der Waals surface area contributed by atoms with Crippen molar-refractivity contribution in [2.75, 3.05) is 14.2 Å². The van der Waals surface area contributed by atoms with Crippen LogP contribution in [0.15, 0.2) is 42.5 Å². The number of nitrogens with one attached hydrogen (secondary N) is 1. The molecule has 3 rings (SSSR count). The summed E-state index contributed by atoms with van der Waals surface area (Å²) >= 11 is 0. The highest BCUT2D eigenvalue weighted by molar-refractivity contribution is 5.81. The summed E-state index contributed by atoms with van der Waals surface area (Å²) in [5.74, 6) is 2.59. The van der Waals surface area contributed by atoms with Crippen LogP contribution in [0.2, 0.25) is 0 Å². The molecule has 29 heavy (non-hydrogen) atoms. The highest BCUT2D eigenvalue weighted by atomic mass is 16.5. The van der Waals surface area contributed by atoms with Gasteiger partial charge in [-0.25, -0.2) is 0 Å². The minimum atomic E-state index is -0.602. The van der Waals surface area contributed by atoms with Gasteiger partial charge in [-0.1, -0.05) is 13.0 Å². The molecule has 0 bridgehead atoms. The average Bonchev–Trinajstić information content (AvgIpc) is 2.70. The van der Waals surface area contributed by atoms with E-state index in [1.54, 1.807) is 20.3 Å². The smallest absolute Gasteiger partial charge is 0.261 e. The van der Waals surface area contributed by atoms with Crippen LogP contribution in [0.5, 0.6) is 23.0 Å². The van der Waals surface area contributed by atoms with E-state index in [2.05, 4.69) is 5.32 Å². The molecule has 0 radical (unpaired) electrons. The first-order valence-corrected chi connectivity index (χ1v) is 9.83. The monoisotopic (exact) mass is 399 g/mol. The molecular formula is C23H29NO5. The Balaban J connectivity index is 1.77. The second kappa shape index (κ2) is 8.64. The standard InChI is InChI=1S/C23H29NO5/c1-6-20(28-17-9-7-8-15(12-17)26-4)22(25)24-19-14-23(2,3)29-21-13-16(27-5)10-11-18(19)21/h7-13,19-20H,6,14H2,1-5H3,(H,24,25)/t19-,20-/m0/s1. The molecule has 2 aromatic rings. The summed E-state index contributed by atoms with van der Waals surface area (Å²) < 4.78 is 22.6. The summed E-state index contributed by atoms with van der Waals surface area (Å²) in [6, 6.07) is 12.8. The van der Waals surface area contributed by atoms with Crippen LogP contribution >= 0.6 is 0 Å². The summed E-state index contributed by atoms with van der Waals surface area (Å²) in [7, 11) is 3.22. The van der Waals surface area contributed by atoms with Gasteiger partial charge in [0.15, 0.2) is 6.10 Å². The van der Waals surface area contributed by atoms with E-state index < -0.39 is 11.7 Å². The van der Waals surface area contributed by atoms with Crippen molar-refractivity contribution in [1.29, 1.82) is 0 Å². The molecule has 0 aromatic heterocycles. The Labute approximate surface area is 172 Å². The Morgan fingerprint density at radius 2 is 1.83 bits per heavy atom. The summed E-state index contributed by atoms with van der Waals surface area (Å²) in [5.41, 5.74) is 0.530. The molecule has 1 aliphatic heterocycles. The molecule has 0 saturated heterocycles. The van der Waals surface area contributed by atoms with Crippen molar-refractivity contribution in [2.45, 2.75) is 51.4 Å². The Morgan fingerprint density at radius 1 is 1.14 bits per heavy atom. The molecule has 0 aliphatic carbocycles. The molecule has 0 unspecified atom stereocenters. The van der Waals surface area contributed by atoms with E-state index in [1.807, 2.05) is 57.2 Å². The van der Waals surface area contributed by atoms with Crippen molar-refractivity contribution in [3.05, 3.63) is 48.0 Å². The van der Waals surface area contributed by atoms with Crippen LogP contribution < -0.4 is 24.3 Å². The van der Waals surface area contributed by atoms with Gasteiger partial charge in [-0.3, -0.25) is 4.79 Å². The SMILES string of the molecule is CC[C@H](Oc1cccc(OC)c1)C(=O)N[C@H]1CC(C)(C)Oc2cc(OC)ccc21. The fourth-order valence-corrected chi connectivity index (χ4v) is 3.51. The summed E-state index contributed by atoms with van der Waals surface area (Å²) in [6.45, 7) is 5.95. The Morgan fingerprint density at radius 3 is 2.52 bits per heavy atom. The van der Waals surface area contributed by atoms with Crippen molar-refractivity contribution in [2.24, 2.45) is 0 Å². The van der Waals surface area contributed by atoms with Crippen LogP contribution in [0.25, 0.3) is 0 Å². The van der Waals surface area contributed by atoms with Crippen LogP contribution in [0, 0.1) is 0 Å². The predicted octanol–water partition coefficient (Wildman–Crippen LogP) is 4.28. The topological polar surface area (TPSA) is 66.0 Å². The number of hydrogen-bond donors (Lipinski definition) is 1. The zero-order chi connectivity index (χ0) is 21.0. The molecule has 0 spiro atoms. The molecule has 1 amide bonds. The lowest BCUT2D eigenvalue weighted by Gasteiger charge is -2.38. The van der Waals surface area contributed by atoms with E-state index in [0.29, 0.717) is 24.3 Å². The maximum absolute atomic E-state index is 13.0. The summed E-state index contributed by atoms with van der Waals surface area (Å²) in [4.78, 5) is 13.0. The van der Waals surface area contributed by atoms with Crippen LogP contribution in [-0.4, -0.2) is 31.8 Å². The zero-order valence-electron chi connectivity index (χ0n) is 17.7.